The Morgan fingerprint density at radius 2 is 2.17 bits per heavy atom. The van der Waals surface area contributed by atoms with Crippen molar-refractivity contribution in [2.24, 2.45) is 0 Å². The number of nitrogens with zero attached hydrogens (tertiary/aromatic N) is 2. The Morgan fingerprint density at radius 1 is 1.44 bits per heavy atom. The summed E-state index contributed by atoms with van der Waals surface area (Å²) in [7, 11) is 0. The van der Waals surface area contributed by atoms with Crippen LogP contribution in [0.4, 0.5) is 5.82 Å². The average molecular weight is 242 g/mol. The van der Waals surface area contributed by atoms with Gasteiger partial charge < -0.3 is 10.4 Å². The molecule has 0 bridgehead atoms. The van der Waals surface area contributed by atoms with Crippen molar-refractivity contribution in [3.05, 3.63) is 41.6 Å². The number of benzene rings is 1. The van der Waals surface area contributed by atoms with Crippen LogP contribution in [0.3, 0.4) is 0 Å². The molecule has 0 fully saturated rings. The number of anilines is 1. The number of phenolic OH excluding ortho intramolecular Hbond substituents is 1. The highest BCUT2D eigenvalue weighted by Crippen LogP contribution is 2.12. The fourth-order valence-electron chi connectivity index (χ4n) is 1.45. The van der Waals surface area contributed by atoms with Crippen molar-refractivity contribution in [3.8, 4) is 11.8 Å². The Hall–Kier alpha value is -2.81. The molecule has 3 N–H and O–H groups in total. The summed E-state index contributed by atoms with van der Waals surface area (Å²) in [6.45, 7) is 0. The number of nitrogens with one attached hydrogen (secondary N) is 2. The number of amides is 1. The molecule has 1 aromatic heterocycles. The SMILES string of the molecule is N#Cc1cn[nH]c1NC(=O)Cc1ccc(O)cc1. The first kappa shape index (κ1) is 11.7. The van der Waals surface area contributed by atoms with Crippen molar-refractivity contribution in [2.75, 3.05) is 5.32 Å². The molecule has 6 heteroatoms. The zero-order valence-corrected chi connectivity index (χ0v) is 9.34. The van der Waals surface area contributed by atoms with E-state index in [4.69, 9.17) is 10.4 Å². The lowest BCUT2D eigenvalue weighted by molar-refractivity contribution is -0.115. The average Bonchev–Trinajstić information content (AvgIpc) is 2.79. The van der Waals surface area contributed by atoms with Gasteiger partial charge in [0.2, 0.25) is 5.91 Å². The van der Waals surface area contributed by atoms with Gasteiger partial charge in [-0.25, -0.2) is 0 Å². The largest absolute Gasteiger partial charge is 0.508 e. The first-order valence-corrected chi connectivity index (χ1v) is 5.20. The maximum absolute atomic E-state index is 11.7. The van der Waals surface area contributed by atoms with Crippen molar-refractivity contribution < 1.29 is 9.90 Å². The monoisotopic (exact) mass is 242 g/mol. The van der Waals surface area contributed by atoms with Gasteiger partial charge in [0, 0.05) is 0 Å². The number of hydrogen-bond acceptors (Lipinski definition) is 4. The molecule has 0 spiro atoms. The van der Waals surface area contributed by atoms with Crippen LogP contribution >= 0.6 is 0 Å². The van der Waals surface area contributed by atoms with Crippen molar-refractivity contribution in [2.45, 2.75) is 6.42 Å². The molecular weight excluding hydrogens is 232 g/mol. The van der Waals surface area contributed by atoms with Crippen LogP contribution in [0.2, 0.25) is 0 Å². The van der Waals surface area contributed by atoms with Crippen molar-refractivity contribution in [1.29, 1.82) is 5.26 Å². The topological polar surface area (TPSA) is 102 Å². The molecule has 1 amide bonds. The molecule has 0 saturated carbocycles. The summed E-state index contributed by atoms with van der Waals surface area (Å²) in [6.07, 6.45) is 1.50. The molecule has 6 nitrogen and oxygen atoms in total. The second-order valence-corrected chi connectivity index (χ2v) is 3.66. The minimum absolute atomic E-state index is 0.152. The lowest BCUT2D eigenvalue weighted by atomic mass is 10.1. The van der Waals surface area contributed by atoms with Crippen LogP contribution in [0.25, 0.3) is 0 Å². The van der Waals surface area contributed by atoms with Crippen LogP contribution in [0.5, 0.6) is 5.75 Å². The van der Waals surface area contributed by atoms with Crippen molar-refractivity contribution in [3.63, 3.8) is 0 Å². The van der Waals surface area contributed by atoms with Crippen molar-refractivity contribution >= 4 is 11.7 Å². The summed E-state index contributed by atoms with van der Waals surface area (Å²) in [4.78, 5) is 11.7. The molecule has 0 aliphatic heterocycles. The fourth-order valence-corrected chi connectivity index (χ4v) is 1.45. The van der Waals surface area contributed by atoms with Crippen LogP contribution < -0.4 is 5.32 Å². The number of phenols is 1. The number of rotatable bonds is 3. The molecule has 0 radical (unpaired) electrons. The van der Waals surface area contributed by atoms with E-state index in [0.29, 0.717) is 5.82 Å². The summed E-state index contributed by atoms with van der Waals surface area (Å²) < 4.78 is 0. The predicted octanol–water partition coefficient (Wildman–Crippen LogP) is 1.17. The molecule has 2 aromatic rings. The highest BCUT2D eigenvalue weighted by molar-refractivity contribution is 5.92. The molecule has 18 heavy (non-hydrogen) atoms. The number of hydrogen-bond donors (Lipinski definition) is 3. The minimum Gasteiger partial charge on any atom is -0.508 e. The third-order valence-corrected chi connectivity index (χ3v) is 2.33. The van der Waals surface area contributed by atoms with Gasteiger partial charge in [-0.3, -0.25) is 9.89 Å². The van der Waals surface area contributed by atoms with Gasteiger partial charge in [-0.1, -0.05) is 12.1 Å². The Labute approximate surface area is 103 Å². The highest BCUT2D eigenvalue weighted by Gasteiger charge is 2.09. The molecule has 0 atom stereocenters. The maximum Gasteiger partial charge on any atom is 0.229 e. The molecule has 90 valence electrons. The van der Waals surface area contributed by atoms with Gasteiger partial charge in [-0.05, 0) is 17.7 Å². The third-order valence-electron chi connectivity index (χ3n) is 2.33. The van der Waals surface area contributed by atoms with Gasteiger partial charge in [0.25, 0.3) is 0 Å². The predicted molar refractivity (Wildman–Crippen MR) is 63.7 cm³/mol. The van der Waals surface area contributed by atoms with Gasteiger partial charge >= 0.3 is 0 Å². The number of carbonyl (C=O) groups is 1. The van der Waals surface area contributed by atoms with E-state index in [9.17, 15) is 4.79 Å². The van der Waals surface area contributed by atoms with E-state index in [1.807, 2.05) is 6.07 Å². The van der Waals surface area contributed by atoms with Gasteiger partial charge in [0.1, 0.15) is 23.2 Å². The molecule has 0 saturated heterocycles. The van der Waals surface area contributed by atoms with Gasteiger partial charge in [0.05, 0.1) is 12.6 Å². The molecule has 2 rings (SSSR count). The zero-order chi connectivity index (χ0) is 13.0. The summed E-state index contributed by atoms with van der Waals surface area (Å²) in [5.41, 5.74) is 1.05. The number of carbonyl (C=O) groups excluding carboxylic acids is 1. The van der Waals surface area contributed by atoms with E-state index in [-0.39, 0.29) is 23.6 Å². The zero-order valence-electron chi connectivity index (χ0n) is 9.34. The summed E-state index contributed by atoms with van der Waals surface area (Å²) >= 11 is 0. The van der Waals surface area contributed by atoms with Crippen LogP contribution in [0, 0.1) is 11.3 Å². The fraction of sp³-hybridized carbons (Fsp3) is 0.0833. The van der Waals surface area contributed by atoms with Crippen LogP contribution in [0.15, 0.2) is 30.5 Å². The second-order valence-electron chi connectivity index (χ2n) is 3.66. The first-order valence-electron chi connectivity index (χ1n) is 5.20. The maximum atomic E-state index is 11.7. The molecule has 0 unspecified atom stereocenters. The van der Waals surface area contributed by atoms with E-state index in [1.165, 1.54) is 18.3 Å². The van der Waals surface area contributed by atoms with E-state index in [0.717, 1.165) is 5.56 Å². The van der Waals surface area contributed by atoms with Gasteiger partial charge in [-0.2, -0.15) is 10.4 Å². The summed E-state index contributed by atoms with van der Waals surface area (Å²) in [5.74, 6) is 0.183. The van der Waals surface area contributed by atoms with E-state index in [2.05, 4.69) is 15.5 Å². The number of aromatic hydroxyl groups is 1. The standard InChI is InChI=1S/C12H10N4O2/c13-6-9-7-14-16-12(9)15-11(18)5-8-1-3-10(17)4-2-8/h1-4,7,17H,5H2,(H2,14,15,16,18). The lowest BCUT2D eigenvalue weighted by Crippen LogP contribution is -2.15. The molecule has 1 aromatic carbocycles. The minimum atomic E-state index is -0.263. The number of aromatic amines is 1. The van der Waals surface area contributed by atoms with E-state index >= 15 is 0 Å². The number of nitriles is 1. The second kappa shape index (κ2) is 5.01. The van der Waals surface area contributed by atoms with Crippen LogP contribution in [0.1, 0.15) is 11.1 Å². The molecule has 0 aliphatic carbocycles. The third kappa shape index (κ3) is 2.65. The normalized spacial score (nSPS) is 9.72. The van der Waals surface area contributed by atoms with E-state index in [1.54, 1.807) is 12.1 Å². The highest BCUT2D eigenvalue weighted by atomic mass is 16.3. The lowest BCUT2D eigenvalue weighted by Gasteiger charge is -2.03. The molecule has 1 heterocycles. The Bertz CT molecular complexity index is 595. The van der Waals surface area contributed by atoms with E-state index < -0.39 is 0 Å². The van der Waals surface area contributed by atoms with Gasteiger partial charge in [0.15, 0.2) is 0 Å². The molecule has 0 aliphatic rings. The van der Waals surface area contributed by atoms with Crippen molar-refractivity contribution in [1.82, 2.24) is 10.2 Å². The van der Waals surface area contributed by atoms with Crippen LogP contribution in [-0.2, 0) is 11.2 Å². The first-order chi connectivity index (χ1) is 8.69. The Morgan fingerprint density at radius 3 is 2.83 bits per heavy atom. The summed E-state index contributed by atoms with van der Waals surface area (Å²) in [6, 6.07) is 8.26. The Balaban J connectivity index is 2.01. The Kier molecular flexibility index (Phi) is 3.25. The number of aromatic nitrogens is 2. The number of H-pyrrole nitrogens is 1. The quantitative estimate of drug-likeness (QED) is 0.751. The summed E-state index contributed by atoms with van der Waals surface area (Å²) in [5, 5.41) is 26.6. The van der Waals surface area contributed by atoms with Gasteiger partial charge in [-0.15, -0.1) is 0 Å². The van der Waals surface area contributed by atoms with Crippen LogP contribution in [-0.4, -0.2) is 21.2 Å². The molecular formula is C12H10N4O2. The smallest absolute Gasteiger partial charge is 0.229 e.